The van der Waals surface area contributed by atoms with Gasteiger partial charge in [0.05, 0.1) is 11.4 Å². The highest BCUT2D eigenvalue weighted by atomic mass is 32.2. The van der Waals surface area contributed by atoms with E-state index < -0.39 is 15.8 Å². The Balaban J connectivity index is 1.77. The number of anilines is 2. The Kier molecular flexibility index (Phi) is 4.12. The minimum absolute atomic E-state index is 0.0113. The van der Waals surface area contributed by atoms with Crippen LogP contribution in [0.1, 0.15) is 12.0 Å². The molecule has 1 fully saturated rings. The number of nitrogens with one attached hydrogen (secondary N) is 1. The summed E-state index contributed by atoms with van der Waals surface area (Å²) < 4.78 is 38.5. The van der Waals surface area contributed by atoms with E-state index in [1.165, 1.54) is 22.5 Å². The molecule has 3 rings (SSSR count). The first-order valence-electron chi connectivity index (χ1n) is 7.27. The summed E-state index contributed by atoms with van der Waals surface area (Å²) in [6.07, 6.45) is 0.622. The maximum Gasteiger partial charge on any atom is 0.235 e. The summed E-state index contributed by atoms with van der Waals surface area (Å²) in [4.78, 5) is 0. The number of aromatic hydroxyl groups is 1. The number of phenolic OH excluding ortho intramolecular Hbond substituents is 1. The van der Waals surface area contributed by atoms with Gasteiger partial charge in [0.25, 0.3) is 0 Å². The maximum atomic E-state index is 13.2. The van der Waals surface area contributed by atoms with Crippen LogP contribution in [0.5, 0.6) is 5.75 Å². The van der Waals surface area contributed by atoms with Crippen molar-refractivity contribution in [2.24, 2.45) is 0 Å². The van der Waals surface area contributed by atoms with Crippen molar-refractivity contribution in [2.75, 3.05) is 21.9 Å². The predicted octanol–water partition coefficient (Wildman–Crippen LogP) is 2.68. The van der Waals surface area contributed by atoms with Gasteiger partial charge in [-0.25, -0.2) is 12.8 Å². The van der Waals surface area contributed by atoms with E-state index in [0.717, 1.165) is 0 Å². The van der Waals surface area contributed by atoms with Crippen LogP contribution in [0.25, 0.3) is 0 Å². The number of hydrogen-bond donors (Lipinski definition) is 2. The minimum Gasteiger partial charge on any atom is -0.508 e. The Morgan fingerprint density at radius 1 is 1.22 bits per heavy atom. The Hall–Kier alpha value is -2.28. The molecule has 1 heterocycles. The molecule has 122 valence electrons. The SMILES string of the molecule is O=S1(=O)CCCN1c1cccc(NCc2cc(F)ccc2O)c1. The van der Waals surface area contributed by atoms with Gasteiger partial charge in [0.15, 0.2) is 0 Å². The zero-order chi connectivity index (χ0) is 16.4. The third-order valence-electron chi connectivity index (χ3n) is 3.76. The average Bonchev–Trinajstić information content (AvgIpc) is 2.88. The molecule has 0 saturated carbocycles. The van der Waals surface area contributed by atoms with Gasteiger partial charge in [0, 0.05) is 24.3 Å². The highest BCUT2D eigenvalue weighted by Crippen LogP contribution is 2.27. The molecule has 0 amide bonds. The van der Waals surface area contributed by atoms with Gasteiger partial charge in [-0.3, -0.25) is 4.31 Å². The van der Waals surface area contributed by atoms with Gasteiger partial charge in [-0.1, -0.05) is 6.07 Å². The molecule has 2 aromatic rings. The molecule has 0 aliphatic carbocycles. The second kappa shape index (κ2) is 6.08. The molecule has 0 atom stereocenters. The van der Waals surface area contributed by atoms with Gasteiger partial charge in [-0.2, -0.15) is 0 Å². The van der Waals surface area contributed by atoms with Crippen LogP contribution in [-0.4, -0.2) is 25.8 Å². The second-order valence-electron chi connectivity index (χ2n) is 5.42. The molecule has 2 aromatic carbocycles. The van der Waals surface area contributed by atoms with E-state index in [4.69, 9.17) is 0 Å². The first-order valence-corrected chi connectivity index (χ1v) is 8.88. The van der Waals surface area contributed by atoms with Gasteiger partial charge in [0.1, 0.15) is 11.6 Å². The zero-order valence-electron chi connectivity index (χ0n) is 12.4. The number of benzene rings is 2. The van der Waals surface area contributed by atoms with E-state index in [1.807, 2.05) is 0 Å². The van der Waals surface area contributed by atoms with Crippen LogP contribution in [0, 0.1) is 5.82 Å². The van der Waals surface area contributed by atoms with E-state index in [0.29, 0.717) is 29.9 Å². The number of rotatable bonds is 4. The number of hydrogen-bond acceptors (Lipinski definition) is 4. The second-order valence-corrected chi connectivity index (χ2v) is 7.43. The van der Waals surface area contributed by atoms with Crippen LogP contribution in [0.4, 0.5) is 15.8 Å². The minimum atomic E-state index is -3.22. The third-order valence-corrected chi connectivity index (χ3v) is 5.63. The number of halogens is 1. The molecular weight excluding hydrogens is 319 g/mol. The molecule has 0 spiro atoms. The summed E-state index contributed by atoms with van der Waals surface area (Å²) >= 11 is 0. The molecule has 5 nitrogen and oxygen atoms in total. The Labute approximate surface area is 134 Å². The molecule has 1 aliphatic rings. The van der Waals surface area contributed by atoms with Crippen molar-refractivity contribution in [2.45, 2.75) is 13.0 Å². The van der Waals surface area contributed by atoms with E-state index >= 15 is 0 Å². The summed E-state index contributed by atoms with van der Waals surface area (Å²) in [7, 11) is -3.22. The van der Waals surface area contributed by atoms with Crippen molar-refractivity contribution in [1.29, 1.82) is 0 Å². The van der Waals surface area contributed by atoms with Crippen molar-refractivity contribution in [3.63, 3.8) is 0 Å². The fraction of sp³-hybridized carbons (Fsp3) is 0.250. The van der Waals surface area contributed by atoms with E-state index in [2.05, 4.69) is 5.32 Å². The van der Waals surface area contributed by atoms with Crippen LogP contribution in [-0.2, 0) is 16.6 Å². The highest BCUT2D eigenvalue weighted by molar-refractivity contribution is 7.93. The smallest absolute Gasteiger partial charge is 0.235 e. The summed E-state index contributed by atoms with van der Waals surface area (Å²) in [6, 6.07) is 10.8. The maximum absolute atomic E-state index is 13.2. The van der Waals surface area contributed by atoms with Crippen molar-refractivity contribution >= 4 is 21.4 Å². The summed E-state index contributed by atoms with van der Waals surface area (Å²) in [6.45, 7) is 0.719. The third kappa shape index (κ3) is 3.39. The van der Waals surface area contributed by atoms with Crippen LogP contribution in [0.15, 0.2) is 42.5 Å². The average molecular weight is 336 g/mol. The van der Waals surface area contributed by atoms with Crippen molar-refractivity contribution in [3.05, 3.63) is 53.8 Å². The van der Waals surface area contributed by atoms with Gasteiger partial charge >= 0.3 is 0 Å². The molecule has 0 aromatic heterocycles. The van der Waals surface area contributed by atoms with Crippen molar-refractivity contribution < 1.29 is 17.9 Å². The van der Waals surface area contributed by atoms with Gasteiger partial charge in [0.2, 0.25) is 10.0 Å². The summed E-state index contributed by atoms with van der Waals surface area (Å²) in [5.74, 6) is -0.240. The lowest BCUT2D eigenvalue weighted by atomic mass is 10.2. The normalized spacial score (nSPS) is 16.5. The lowest BCUT2D eigenvalue weighted by molar-refractivity contribution is 0.466. The Morgan fingerprint density at radius 2 is 2.04 bits per heavy atom. The fourth-order valence-corrected chi connectivity index (χ4v) is 4.15. The predicted molar refractivity (Wildman–Crippen MR) is 87.6 cm³/mol. The number of nitrogens with zero attached hydrogens (tertiary/aromatic N) is 1. The molecular formula is C16H17FN2O3S. The summed E-state index contributed by atoms with van der Waals surface area (Å²) in [5.41, 5.74) is 1.74. The van der Waals surface area contributed by atoms with Crippen LogP contribution in [0.3, 0.4) is 0 Å². The molecule has 1 aliphatic heterocycles. The fourth-order valence-electron chi connectivity index (χ4n) is 2.59. The van der Waals surface area contributed by atoms with Crippen molar-refractivity contribution in [1.82, 2.24) is 0 Å². The highest BCUT2D eigenvalue weighted by Gasteiger charge is 2.28. The van der Waals surface area contributed by atoms with E-state index in [9.17, 15) is 17.9 Å². The van der Waals surface area contributed by atoms with Crippen LogP contribution < -0.4 is 9.62 Å². The van der Waals surface area contributed by atoms with Gasteiger partial charge < -0.3 is 10.4 Å². The molecule has 0 unspecified atom stereocenters. The lowest BCUT2D eigenvalue weighted by Crippen LogP contribution is -2.25. The Morgan fingerprint density at radius 3 is 2.78 bits per heavy atom. The zero-order valence-corrected chi connectivity index (χ0v) is 13.2. The molecule has 7 heteroatoms. The number of phenols is 1. The molecule has 0 radical (unpaired) electrons. The molecule has 23 heavy (non-hydrogen) atoms. The lowest BCUT2D eigenvalue weighted by Gasteiger charge is -2.18. The molecule has 2 N–H and O–H groups in total. The standard InChI is InChI=1S/C16H17FN2O3S/c17-13-5-6-16(20)12(9-13)11-18-14-3-1-4-15(10-14)19-7-2-8-23(19,21)22/h1,3-6,9-10,18,20H,2,7-8,11H2. The monoisotopic (exact) mass is 336 g/mol. The van der Waals surface area contributed by atoms with Crippen molar-refractivity contribution in [3.8, 4) is 5.75 Å². The van der Waals surface area contributed by atoms with Crippen LogP contribution in [0.2, 0.25) is 0 Å². The molecule has 1 saturated heterocycles. The van der Waals surface area contributed by atoms with E-state index in [1.54, 1.807) is 24.3 Å². The topological polar surface area (TPSA) is 69.6 Å². The van der Waals surface area contributed by atoms with Gasteiger partial charge in [-0.15, -0.1) is 0 Å². The first kappa shape index (κ1) is 15.6. The van der Waals surface area contributed by atoms with Crippen LogP contribution >= 0.6 is 0 Å². The first-order chi connectivity index (χ1) is 11.0. The van der Waals surface area contributed by atoms with E-state index in [-0.39, 0.29) is 18.0 Å². The quantitative estimate of drug-likeness (QED) is 0.901. The Bertz CT molecular complexity index is 824. The summed E-state index contributed by atoms with van der Waals surface area (Å²) in [5, 5.41) is 12.8. The molecule has 0 bridgehead atoms. The largest absolute Gasteiger partial charge is 0.508 e. The van der Waals surface area contributed by atoms with Gasteiger partial charge in [-0.05, 0) is 42.8 Å². The number of sulfonamides is 1.